The second kappa shape index (κ2) is 5.41. The highest BCUT2D eigenvalue weighted by molar-refractivity contribution is 5.90. The van der Waals surface area contributed by atoms with Crippen LogP contribution in [0.5, 0.6) is 11.5 Å². The van der Waals surface area contributed by atoms with Crippen molar-refractivity contribution in [2.24, 2.45) is 0 Å². The number of benzene rings is 1. The number of hydrogen-bond donors (Lipinski definition) is 0. The summed E-state index contributed by atoms with van der Waals surface area (Å²) in [7, 11) is 1.61. The largest absolute Gasteiger partial charge is 0.486 e. The number of nitrogens with zero attached hydrogens (tertiary/aromatic N) is 2. The molecule has 1 heterocycles. The van der Waals surface area contributed by atoms with Gasteiger partial charge in [-0.15, -0.1) is 0 Å². The van der Waals surface area contributed by atoms with Gasteiger partial charge in [-0.05, 0) is 24.1 Å². The van der Waals surface area contributed by atoms with E-state index in [-0.39, 0.29) is 0 Å². The number of carbonyl (C=O) groups is 1. The number of carbonyl (C=O) groups excluding carboxylic acids is 1. The van der Waals surface area contributed by atoms with Crippen LogP contribution in [-0.2, 0) is 11.2 Å². The average Bonchev–Trinajstić information content (AvgIpc) is 2.43. The summed E-state index contributed by atoms with van der Waals surface area (Å²) in [6, 6.07) is 7.32. The molecule has 5 nitrogen and oxygen atoms in total. The van der Waals surface area contributed by atoms with Crippen LogP contribution in [0.25, 0.3) is 0 Å². The number of hydrogen-bond acceptors (Lipinski definition) is 4. The smallest absolute Gasteiger partial charge is 0.324 e. The lowest BCUT2D eigenvalue weighted by Crippen LogP contribution is -2.27. The van der Waals surface area contributed by atoms with Crippen LogP contribution >= 0.6 is 0 Å². The van der Waals surface area contributed by atoms with Crippen molar-refractivity contribution in [3.8, 4) is 17.6 Å². The first-order valence-corrected chi connectivity index (χ1v) is 5.74. The van der Waals surface area contributed by atoms with E-state index in [1.807, 2.05) is 18.2 Å². The zero-order chi connectivity index (χ0) is 13.0. The molecular weight excluding hydrogens is 232 g/mol. The average molecular weight is 246 g/mol. The van der Waals surface area contributed by atoms with Gasteiger partial charge in [-0.3, -0.25) is 4.79 Å². The summed E-state index contributed by atoms with van der Waals surface area (Å²) >= 11 is 0. The molecule has 1 aliphatic heterocycles. The minimum absolute atomic E-state index is 0.506. The Morgan fingerprint density at radius 2 is 2.11 bits per heavy atom. The maximum absolute atomic E-state index is 11.1. The lowest BCUT2D eigenvalue weighted by Gasteiger charge is -2.19. The molecule has 1 amide bonds. The van der Waals surface area contributed by atoms with Gasteiger partial charge in [0.25, 0.3) is 0 Å². The molecule has 1 aromatic carbocycles. The lowest BCUT2D eigenvalue weighted by molar-refractivity contribution is -0.124. The van der Waals surface area contributed by atoms with Crippen LogP contribution in [-0.4, -0.2) is 37.6 Å². The van der Waals surface area contributed by atoms with Crippen LogP contribution in [0.4, 0.5) is 0 Å². The Morgan fingerprint density at radius 1 is 1.39 bits per heavy atom. The third-order valence-electron chi connectivity index (χ3n) is 2.78. The van der Waals surface area contributed by atoms with Crippen molar-refractivity contribution in [3.63, 3.8) is 0 Å². The summed E-state index contributed by atoms with van der Waals surface area (Å²) in [6.45, 7) is 1.64. The van der Waals surface area contributed by atoms with Crippen LogP contribution in [0.15, 0.2) is 18.2 Å². The Morgan fingerprint density at radius 3 is 2.83 bits per heavy atom. The van der Waals surface area contributed by atoms with Crippen molar-refractivity contribution in [2.45, 2.75) is 6.42 Å². The van der Waals surface area contributed by atoms with Crippen LogP contribution in [0.1, 0.15) is 5.56 Å². The molecule has 5 heteroatoms. The van der Waals surface area contributed by atoms with Gasteiger partial charge in [0.15, 0.2) is 17.6 Å². The van der Waals surface area contributed by atoms with E-state index in [0.29, 0.717) is 26.2 Å². The van der Waals surface area contributed by atoms with E-state index in [2.05, 4.69) is 0 Å². The molecule has 0 radical (unpaired) electrons. The number of rotatable bonds is 3. The molecule has 0 saturated carbocycles. The Kier molecular flexibility index (Phi) is 3.68. The standard InChI is InChI=1S/C13H14N2O3/c1-15(13(16)9-14)5-4-10-2-3-11-12(8-10)18-7-6-17-11/h2-3,8H,4-7H2,1H3. The maximum atomic E-state index is 11.1. The molecule has 0 N–H and O–H groups in total. The van der Waals surface area contributed by atoms with E-state index < -0.39 is 5.91 Å². The van der Waals surface area contributed by atoms with Gasteiger partial charge in [0.05, 0.1) is 0 Å². The molecule has 2 rings (SSSR count). The van der Waals surface area contributed by atoms with E-state index in [1.165, 1.54) is 4.90 Å². The van der Waals surface area contributed by atoms with Gasteiger partial charge in [0.2, 0.25) is 0 Å². The SMILES string of the molecule is CN(CCc1ccc2c(c1)OCCO2)C(=O)C#N. The molecule has 0 aromatic heterocycles. The van der Waals surface area contributed by atoms with E-state index in [1.54, 1.807) is 13.1 Å². The molecule has 0 saturated heterocycles. The third kappa shape index (κ3) is 2.72. The fourth-order valence-electron chi connectivity index (χ4n) is 1.73. The number of fused-ring (bicyclic) bond motifs is 1. The van der Waals surface area contributed by atoms with E-state index in [9.17, 15) is 4.79 Å². The highest BCUT2D eigenvalue weighted by Gasteiger charge is 2.12. The van der Waals surface area contributed by atoms with Crippen molar-refractivity contribution in [2.75, 3.05) is 26.8 Å². The predicted molar refractivity (Wildman–Crippen MR) is 64.4 cm³/mol. The Bertz CT molecular complexity index is 493. The van der Waals surface area contributed by atoms with Crippen molar-refractivity contribution < 1.29 is 14.3 Å². The van der Waals surface area contributed by atoms with Gasteiger partial charge in [-0.2, -0.15) is 5.26 Å². The summed E-state index contributed by atoms with van der Waals surface area (Å²) < 4.78 is 10.9. The summed E-state index contributed by atoms with van der Waals surface area (Å²) in [4.78, 5) is 12.5. The van der Waals surface area contributed by atoms with Gasteiger partial charge < -0.3 is 14.4 Å². The first-order valence-electron chi connectivity index (χ1n) is 5.74. The van der Waals surface area contributed by atoms with Gasteiger partial charge in [-0.25, -0.2) is 0 Å². The monoisotopic (exact) mass is 246 g/mol. The van der Waals surface area contributed by atoms with Crippen molar-refractivity contribution >= 4 is 5.91 Å². The van der Waals surface area contributed by atoms with Crippen LogP contribution in [0.3, 0.4) is 0 Å². The topological polar surface area (TPSA) is 62.6 Å². The molecule has 0 spiro atoms. The van der Waals surface area contributed by atoms with Crippen LogP contribution in [0, 0.1) is 11.3 Å². The molecular formula is C13H14N2O3. The van der Waals surface area contributed by atoms with E-state index in [0.717, 1.165) is 17.1 Å². The summed E-state index contributed by atoms with van der Waals surface area (Å²) in [5.41, 5.74) is 1.05. The quantitative estimate of drug-likeness (QED) is 0.746. The predicted octanol–water partition coefficient (Wildman–Crippen LogP) is 0.982. The molecule has 18 heavy (non-hydrogen) atoms. The zero-order valence-corrected chi connectivity index (χ0v) is 10.2. The van der Waals surface area contributed by atoms with E-state index >= 15 is 0 Å². The van der Waals surface area contributed by atoms with Crippen LogP contribution in [0.2, 0.25) is 0 Å². The number of nitriles is 1. The molecule has 1 aromatic rings. The Labute approximate surface area is 106 Å². The highest BCUT2D eigenvalue weighted by atomic mass is 16.6. The van der Waals surface area contributed by atoms with Crippen molar-refractivity contribution in [1.82, 2.24) is 4.90 Å². The zero-order valence-electron chi connectivity index (χ0n) is 10.2. The second-order valence-corrected chi connectivity index (χ2v) is 4.07. The fourth-order valence-corrected chi connectivity index (χ4v) is 1.73. The first kappa shape index (κ1) is 12.2. The lowest BCUT2D eigenvalue weighted by atomic mass is 10.1. The Hall–Kier alpha value is -2.22. The Balaban J connectivity index is 1.98. The number of ether oxygens (including phenoxy) is 2. The van der Waals surface area contributed by atoms with Gasteiger partial charge in [-0.1, -0.05) is 6.07 Å². The minimum atomic E-state index is -0.521. The second-order valence-electron chi connectivity index (χ2n) is 4.07. The number of likely N-dealkylation sites (N-methyl/N-ethyl adjacent to an activating group) is 1. The van der Waals surface area contributed by atoms with Gasteiger partial charge in [0, 0.05) is 13.6 Å². The van der Waals surface area contributed by atoms with Gasteiger partial charge >= 0.3 is 5.91 Å². The summed E-state index contributed by atoms with van der Waals surface area (Å²) in [6.07, 6.45) is 0.681. The molecule has 1 aliphatic rings. The normalized spacial score (nSPS) is 12.7. The van der Waals surface area contributed by atoms with Crippen molar-refractivity contribution in [3.05, 3.63) is 23.8 Å². The highest BCUT2D eigenvalue weighted by Crippen LogP contribution is 2.30. The van der Waals surface area contributed by atoms with E-state index in [4.69, 9.17) is 14.7 Å². The fraction of sp³-hybridized carbons (Fsp3) is 0.385. The molecule has 0 fully saturated rings. The maximum Gasteiger partial charge on any atom is 0.324 e. The third-order valence-corrected chi connectivity index (χ3v) is 2.78. The molecule has 0 bridgehead atoms. The van der Waals surface area contributed by atoms with Crippen LogP contribution < -0.4 is 9.47 Å². The van der Waals surface area contributed by atoms with Gasteiger partial charge in [0.1, 0.15) is 13.2 Å². The molecule has 0 aliphatic carbocycles. The molecule has 0 atom stereocenters. The summed E-state index contributed by atoms with van der Waals surface area (Å²) in [5.74, 6) is 0.979. The summed E-state index contributed by atoms with van der Waals surface area (Å²) in [5, 5.41) is 8.48. The molecule has 0 unspecified atom stereocenters. The number of amides is 1. The first-order chi connectivity index (χ1) is 8.70. The minimum Gasteiger partial charge on any atom is -0.486 e. The molecule has 94 valence electrons. The van der Waals surface area contributed by atoms with Crippen molar-refractivity contribution in [1.29, 1.82) is 5.26 Å².